The molecule has 0 N–H and O–H groups in total. The Morgan fingerprint density at radius 1 is 0.554 bits per heavy atom. The van der Waals surface area contributed by atoms with Crippen molar-refractivity contribution in [3.63, 3.8) is 0 Å². The molecule has 2 atom stereocenters. The van der Waals surface area contributed by atoms with Crippen LogP contribution in [0, 0.1) is 25.7 Å². The van der Waals surface area contributed by atoms with E-state index in [2.05, 4.69) is 240 Å². The Labute approximate surface area is 392 Å². The molecule has 0 amide bonds. The standard InChI is InChI=1S/C35H32.C23H24.C7H14/c1-23-5-8-25(9-6-23)26-10-12-27(13-11-26)28-14-16-29(17-15-28)30-18-20-32-31-19-7-24(2)21-33(31)35(3,4)34(32)22-30;1-15-8-10-17(11-9-15)18-12-13-19-20-7-5-6-16(2)22(20)23(3,4)21(19)14-18;1-4-6-7(3)5-2/h5,7-23H,6H2,1-4H3;5,7-14,16H,6H2,1-4H3;5H,4,6H2,1-3H3/b;;7-5+. The number of fused-ring (bicyclic) bond motifs is 5. The zero-order chi connectivity index (χ0) is 46.0. The zero-order valence-corrected chi connectivity index (χ0v) is 41.1. The monoisotopic (exact) mass is 851 g/mol. The second-order valence-corrected chi connectivity index (χ2v) is 20.3. The highest BCUT2D eigenvalue weighted by Gasteiger charge is 2.40. The van der Waals surface area contributed by atoms with Crippen LogP contribution in [0.25, 0.3) is 55.7 Å². The van der Waals surface area contributed by atoms with Crippen LogP contribution in [0.4, 0.5) is 0 Å². The molecule has 0 nitrogen and oxygen atoms in total. The molecule has 6 aromatic rings. The topological polar surface area (TPSA) is 0 Å². The maximum absolute atomic E-state index is 2.42. The molecule has 330 valence electrons. The van der Waals surface area contributed by atoms with Gasteiger partial charge in [-0.15, -0.1) is 0 Å². The van der Waals surface area contributed by atoms with E-state index >= 15 is 0 Å². The van der Waals surface area contributed by atoms with E-state index in [-0.39, 0.29) is 10.8 Å². The number of hydrogen-bond donors (Lipinski definition) is 0. The number of hydrogen-bond acceptors (Lipinski definition) is 0. The molecule has 10 rings (SSSR count). The number of benzene rings is 6. The van der Waals surface area contributed by atoms with Crippen LogP contribution in [0.1, 0.15) is 127 Å². The summed E-state index contributed by atoms with van der Waals surface area (Å²) >= 11 is 0. The summed E-state index contributed by atoms with van der Waals surface area (Å²) in [6.45, 7) is 24.9. The minimum absolute atomic E-state index is 0.0232. The molecule has 65 heavy (non-hydrogen) atoms. The van der Waals surface area contributed by atoms with Gasteiger partial charge in [0.15, 0.2) is 0 Å². The predicted octanol–water partition coefficient (Wildman–Crippen LogP) is 18.7. The van der Waals surface area contributed by atoms with Crippen molar-refractivity contribution in [2.24, 2.45) is 11.8 Å². The fourth-order valence-electron chi connectivity index (χ4n) is 10.6. The first-order valence-corrected chi connectivity index (χ1v) is 24.3. The summed E-state index contributed by atoms with van der Waals surface area (Å²) in [7, 11) is 0. The molecule has 6 aromatic carbocycles. The summed E-state index contributed by atoms with van der Waals surface area (Å²) in [6, 6.07) is 47.8. The molecule has 0 saturated heterocycles. The summed E-state index contributed by atoms with van der Waals surface area (Å²) in [5.41, 5.74) is 26.3. The van der Waals surface area contributed by atoms with Crippen LogP contribution in [0.3, 0.4) is 0 Å². The van der Waals surface area contributed by atoms with E-state index in [9.17, 15) is 0 Å². The lowest BCUT2D eigenvalue weighted by Gasteiger charge is -2.30. The first-order chi connectivity index (χ1) is 31.2. The Kier molecular flexibility index (Phi) is 13.2. The molecule has 0 spiro atoms. The van der Waals surface area contributed by atoms with Gasteiger partial charge in [0.05, 0.1) is 0 Å². The Bertz CT molecular complexity index is 2840. The van der Waals surface area contributed by atoms with Gasteiger partial charge in [-0.1, -0.05) is 223 Å². The molecular weight excluding hydrogens is 781 g/mol. The average molecular weight is 851 g/mol. The molecule has 4 aliphatic rings. The van der Waals surface area contributed by atoms with E-state index in [1.807, 2.05) is 0 Å². The Morgan fingerprint density at radius 2 is 1.03 bits per heavy atom. The second kappa shape index (κ2) is 18.9. The summed E-state index contributed by atoms with van der Waals surface area (Å²) < 4.78 is 0. The first kappa shape index (κ1) is 45.6. The van der Waals surface area contributed by atoms with Gasteiger partial charge in [0.2, 0.25) is 0 Å². The van der Waals surface area contributed by atoms with Crippen molar-refractivity contribution in [3.05, 3.63) is 214 Å². The van der Waals surface area contributed by atoms with Gasteiger partial charge in [0, 0.05) is 10.8 Å². The summed E-state index contributed by atoms with van der Waals surface area (Å²) in [5, 5.41) is 0. The van der Waals surface area contributed by atoms with Gasteiger partial charge in [0.1, 0.15) is 0 Å². The van der Waals surface area contributed by atoms with Gasteiger partial charge < -0.3 is 0 Å². The van der Waals surface area contributed by atoms with Crippen molar-refractivity contribution >= 4 is 11.1 Å². The predicted molar refractivity (Wildman–Crippen MR) is 284 cm³/mol. The molecule has 0 bridgehead atoms. The van der Waals surface area contributed by atoms with Crippen molar-refractivity contribution in [1.29, 1.82) is 0 Å². The van der Waals surface area contributed by atoms with E-state index in [4.69, 9.17) is 0 Å². The number of rotatable bonds is 6. The van der Waals surface area contributed by atoms with Gasteiger partial charge in [-0.3, -0.25) is 0 Å². The molecule has 0 fully saturated rings. The Morgan fingerprint density at radius 3 is 1.57 bits per heavy atom. The second-order valence-electron chi connectivity index (χ2n) is 20.3. The molecule has 0 saturated carbocycles. The highest BCUT2D eigenvalue weighted by Crippen LogP contribution is 2.53. The van der Waals surface area contributed by atoms with Gasteiger partial charge in [-0.25, -0.2) is 0 Å². The third-order valence-corrected chi connectivity index (χ3v) is 14.7. The molecule has 0 heteroatoms. The highest BCUT2D eigenvalue weighted by molar-refractivity contribution is 5.89. The smallest absolute Gasteiger partial charge is 0.0159 e. The van der Waals surface area contributed by atoms with Gasteiger partial charge in [-0.05, 0) is 160 Å². The highest BCUT2D eigenvalue weighted by atomic mass is 14.4. The number of aryl methyl sites for hydroxylation is 2. The maximum atomic E-state index is 2.42. The van der Waals surface area contributed by atoms with Crippen LogP contribution in [-0.2, 0) is 10.8 Å². The normalized spacial score (nSPS) is 18.3. The van der Waals surface area contributed by atoms with Crippen molar-refractivity contribution in [3.8, 4) is 44.5 Å². The van der Waals surface area contributed by atoms with Crippen LogP contribution in [0.15, 0.2) is 175 Å². The van der Waals surface area contributed by atoms with Gasteiger partial charge in [0.25, 0.3) is 0 Å². The minimum Gasteiger partial charge on any atom is -0.0887 e. The largest absolute Gasteiger partial charge is 0.0887 e. The van der Waals surface area contributed by atoms with Crippen LogP contribution in [0.5, 0.6) is 0 Å². The first-order valence-electron chi connectivity index (χ1n) is 24.3. The molecular formula is C65H70. The Hall–Kier alpha value is -5.98. The van der Waals surface area contributed by atoms with E-state index in [0.717, 1.165) is 6.42 Å². The lowest BCUT2D eigenvalue weighted by atomic mass is 9.74. The maximum Gasteiger partial charge on any atom is 0.0159 e. The van der Waals surface area contributed by atoms with Gasteiger partial charge in [-0.2, -0.15) is 0 Å². The van der Waals surface area contributed by atoms with Crippen molar-refractivity contribution < 1.29 is 0 Å². The van der Waals surface area contributed by atoms with E-state index in [1.165, 1.54) is 119 Å². The lowest BCUT2D eigenvalue weighted by Crippen LogP contribution is -2.22. The van der Waals surface area contributed by atoms with Crippen molar-refractivity contribution in [2.45, 2.75) is 113 Å². The van der Waals surface area contributed by atoms with Gasteiger partial charge >= 0.3 is 0 Å². The molecule has 2 unspecified atom stereocenters. The molecule has 4 aliphatic carbocycles. The van der Waals surface area contributed by atoms with Crippen LogP contribution < -0.4 is 0 Å². The zero-order valence-electron chi connectivity index (χ0n) is 41.1. The molecule has 0 radical (unpaired) electrons. The summed E-state index contributed by atoms with van der Waals surface area (Å²) in [4.78, 5) is 0. The van der Waals surface area contributed by atoms with Crippen molar-refractivity contribution in [1.82, 2.24) is 0 Å². The fourth-order valence-corrected chi connectivity index (χ4v) is 10.6. The third kappa shape index (κ3) is 9.29. The molecule has 0 aromatic heterocycles. The van der Waals surface area contributed by atoms with E-state index < -0.39 is 0 Å². The number of allylic oxidation sites excluding steroid dienone is 10. The fraction of sp³-hybridized carbons (Fsp3) is 0.292. The lowest BCUT2D eigenvalue weighted by molar-refractivity contribution is 0.530. The summed E-state index contributed by atoms with van der Waals surface area (Å²) in [5.74, 6) is 1.29. The Balaban J connectivity index is 0.000000164. The SMILES string of the molecule is C/C=C(\C)CCC.Cc1ccc(-c2ccc3c(c2)C(C)(C)C2=C3C=CCC2C)cc1.Cc1ccc2c(c1)C(C)(C)c1cc(-c3ccc(-c4ccc(C5=CCC(C)C=C5)cc4)cc3)ccc1-2. The summed E-state index contributed by atoms with van der Waals surface area (Å²) in [6.07, 6.45) is 18.6. The van der Waals surface area contributed by atoms with E-state index in [1.54, 1.807) is 5.57 Å². The minimum atomic E-state index is 0.0232. The van der Waals surface area contributed by atoms with Crippen LogP contribution in [0.2, 0.25) is 0 Å². The third-order valence-electron chi connectivity index (χ3n) is 14.7. The quantitative estimate of drug-likeness (QED) is 0.147. The van der Waals surface area contributed by atoms with Crippen LogP contribution >= 0.6 is 0 Å². The van der Waals surface area contributed by atoms with E-state index in [0.29, 0.717) is 11.8 Å². The molecule has 0 aliphatic heterocycles. The van der Waals surface area contributed by atoms with Crippen molar-refractivity contribution in [2.75, 3.05) is 0 Å². The van der Waals surface area contributed by atoms with Crippen LogP contribution in [-0.4, -0.2) is 0 Å². The average Bonchev–Trinajstić information content (AvgIpc) is 3.69. The molecule has 0 heterocycles.